The monoisotopic (exact) mass is 262 g/mol. The molecule has 0 saturated heterocycles. The molecule has 0 amide bonds. The van der Waals surface area contributed by atoms with Gasteiger partial charge in [-0.15, -0.1) is 0 Å². The topological polar surface area (TPSA) is 9.23 Å². The van der Waals surface area contributed by atoms with Gasteiger partial charge in [-0.25, -0.2) is 0 Å². The highest BCUT2D eigenvalue weighted by Crippen LogP contribution is 2.17. The fourth-order valence-corrected chi connectivity index (χ4v) is 0.951. The zero-order chi connectivity index (χ0) is 10.5. The second-order valence-corrected chi connectivity index (χ2v) is 4.56. The average Bonchev–Trinajstić information content (AvgIpc) is 1.95. The Labute approximate surface area is 84.8 Å². The van der Waals surface area contributed by atoms with E-state index < -0.39 is 12.8 Å². The van der Waals surface area contributed by atoms with Gasteiger partial charge in [0.05, 0.1) is 0 Å². The summed E-state index contributed by atoms with van der Waals surface area (Å²) in [5, 5.41) is 0. The van der Waals surface area contributed by atoms with Gasteiger partial charge in [0.15, 0.2) is 0 Å². The van der Waals surface area contributed by atoms with Crippen LogP contribution < -0.4 is 0 Å². The summed E-state index contributed by atoms with van der Waals surface area (Å²) in [4.78, 5) is 0.307. The van der Waals surface area contributed by atoms with Crippen molar-refractivity contribution in [1.82, 2.24) is 0 Å². The molecule has 13 heavy (non-hydrogen) atoms. The quantitative estimate of drug-likeness (QED) is 0.545. The van der Waals surface area contributed by atoms with Crippen molar-refractivity contribution in [2.75, 3.05) is 13.2 Å². The van der Waals surface area contributed by atoms with Crippen LogP contribution in [0, 0.1) is 5.92 Å². The second kappa shape index (κ2) is 5.86. The Morgan fingerprint density at radius 3 is 2.23 bits per heavy atom. The molecule has 0 spiro atoms. The molecule has 0 heterocycles. The van der Waals surface area contributed by atoms with Crippen molar-refractivity contribution < 1.29 is 17.9 Å². The predicted octanol–water partition coefficient (Wildman–Crippen LogP) is 3.37. The van der Waals surface area contributed by atoms with E-state index in [1.807, 2.05) is 13.8 Å². The van der Waals surface area contributed by atoms with Crippen molar-refractivity contribution in [2.45, 2.75) is 31.3 Å². The van der Waals surface area contributed by atoms with E-state index in [9.17, 15) is 13.2 Å². The highest BCUT2D eigenvalue weighted by molar-refractivity contribution is 9.09. The van der Waals surface area contributed by atoms with Crippen LogP contribution in [0.25, 0.3) is 0 Å². The van der Waals surface area contributed by atoms with Crippen LogP contribution >= 0.6 is 15.9 Å². The molecule has 1 nitrogen and oxygen atoms in total. The predicted molar refractivity (Wildman–Crippen MR) is 49.0 cm³/mol. The molecule has 5 heteroatoms. The average molecular weight is 263 g/mol. The van der Waals surface area contributed by atoms with Crippen LogP contribution in [-0.2, 0) is 4.74 Å². The third-order valence-electron chi connectivity index (χ3n) is 1.77. The van der Waals surface area contributed by atoms with Crippen molar-refractivity contribution in [1.29, 1.82) is 0 Å². The summed E-state index contributed by atoms with van der Waals surface area (Å²) in [6.45, 7) is 2.96. The summed E-state index contributed by atoms with van der Waals surface area (Å²) in [5.41, 5.74) is 0. The molecule has 0 aromatic heterocycles. The number of alkyl halides is 4. The molecule has 0 aromatic carbocycles. The number of hydrogen-bond acceptors (Lipinski definition) is 1. The van der Waals surface area contributed by atoms with Gasteiger partial charge in [-0.05, 0) is 12.3 Å². The number of hydrogen-bond donors (Lipinski definition) is 0. The van der Waals surface area contributed by atoms with E-state index in [1.165, 1.54) is 0 Å². The van der Waals surface area contributed by atoms with Gasteiger partial charge in [0.2, 0.25) is 0 Å². The van der Waals surface area contributed by atoms with E-state index in [-0.39, 0.29) is 6.61 Å². The van der Waals surface area contributed by atoms with Crippen LogP contribution in [-0.4, -0.2) is 24.2 Å². The van der Waals surface area contributed by atoms with E-state index in [0.717, 1.165) is 0 Å². The molecule has 0 N–H and O–H groups in total. The third kappa shape index (κ3) is 8.56. The first kappa shape index (κ1) is 13.2. The lowest BCUT2D eigenvalue weighted by molar-refractivity contribution is -0.174. The molecule has 2 atom stereocenters. The highest BCUT2D eigenvalue weighted by Gasteiger charge is 2.27. The van der Waals surface area contributed by atoms with E-state index in [0.29, 0.717) is 17.2 Å². The molecule has 0 saturated carbocycles. The Kier molecular flexibility index (Phi) is 5.96. The van der Waals surface area contributed by atoms with Gasteiger partial charge in [-0.2, -0.15) is 13.2 Å². The summed E-state index contributed by atoms with van der Waals surface area (Å²) in [6.07, 6.45) is -3.56. The minimum atomic E-state index is -4.21. The number of rotatable bonds is 5. The van der Waals surface area contributed by atoms with Gasteiger partial charge in [-0.1, -0.05) is 29.8 Å². The maximum absolute atomic E-state index is 11.6. The Hall–Kier alpha value is 0.230. The van der Waals surface area contributed by atoms with Gasteiger partial charge < -0.3 is 4.74 Å². The third-order valence-corrected chi connectivity index (χ3v) is 2.67. The Morgan fingerprint density at radius 2 is 1.85 bits per heavy atom. The van der Waals surface area contributed by atoms with Crippen LogP contribution in [0.5, 0.6) is 0 Å². The first-order valence-corrected chi connectivity index (χ1v) is 5.03. The largest absolute Gasteiger partial charge is 0.411 e. The van der Waals surface area contributed by atoms with Crippen molar-refractivity contribution in [3.8, 4) is 0 Å². The smallest absolute Gasteiger partial charge is 0.372 e. The van der Waals surface area contributed by atoms with Gasteiger partial charge in [0, 0.05) is 11.4 Å². The lowest BCUT2D eigenvalue weighted by atomic mass is 10.1. The zero-order valence-electron chi connectivity index (χ0n) is 7.70. The van der Waals surface area contributed by atoms with Crippen LogP contribution in [0.3, 0.4) is 0 Å². The molecule has 0 aliphatic heterocycles. The molecular formula is C8H14BrF3O. The van der Waals surface area contributed by atoms with Crippen LogP contribution in [0.4, 0.5) is 13.2 Å². The molecular weight excluding hydrogens is 249 g/mol. The van der Waals surface area contributed by atoms with E-state index >= 15 is 0 Å². The minimum Gasteiger partial charge on any atom is -0.372 e. The first-order valence-electron chi connectivity index (χ1n) is 4.11. The van der Waals surface area contributed by atoms with Crippen molar-refractivity contribution in [2.24, 2.45) is 5.92 Å². The van der Waals surface area contributed by atoms with E-state index in [1.54, 1.807) is 0 Å². The van der Waals surface area contributed by atoms with E-state index in [2.05, 4.69) is 20.7 Å². The molecule has 0 rings (SSSR count). The molecule has 0 bridgehead atoms. The number of ether oxygens (including phenoxy) is 1. The van der Waals surface area contributed by atoms with Crippen LogP contribution in [0.1, 0.15) is 20.3 Å². The molecule has 0 aromatic rings. The van der Waals surface area contributed by atoms with E-state index in [4.69, 9.17) is 0 Å². The first-order chi connectivity index (χ1) is 5.83. The molecule has 2 unspecified atom stereocenters. The summed E-state index contributed by atoms with van der Waals surface area (Å²) in [6, 6.07) is 0. The lowest BCUT2D eigenvalue weighted by Crippen LogP contribution is -2.19. The Morgan fingerprint density at radius 1 is 1.31 bits per heavy atom. The maximum Gasteiger partial charge on any atom is 0.411 e. The second-order valence-electron chi connectivity index (χ2n) is 3.11. The summed E-state index contributed by atoms with van der Waals surface area (Å²) < 4.78 is 39.3. The summed E-state index contributed by atoms with van der Waals surface area (Å²) >= 11 is 3.35. The standard InChI is InChI=1S/C8H14BrF3O/c1-6(7(2)9)3-4-13-5-8(10,11)12/h6-7H,3-5H2,1-2H3. The molecule has 80 valence electrons. The molecule has 0 fully saturated rings. The van der Waals surface area contributed by atoms with Crippen molar-refractivity contribution in [3.63, 3.8) is 0 Å². The Balaban J connectivity index is 3.36. The normalized spacial score (nSPS) is 17.1. The molecule has 0 aliphatic rings. The zero-order valence-corrected chi connectivity index (χ0v) is 9.28. The van der Waals surface area contributed by atoms with Gasteiger partial charge >= 0.3 is 6.18 Å². The van der Waals surface area contributed by atoms with Crippen molar-refractivity contribution in [3.05, 3.63) is 0 Å². The van der Waals surface area contributed by atoms with Gasteiger partial charge in [0.1, 0.15) is 6.61 Å². The van der Waals surface area contributed by atoms with Gasteiger partial charge in [0.25, 0.3) is 0 Å². The minimum absolute atomic E-state index is 0.163. The molecule has 0 aliphatic carbocycles. The Bertz CT molecular complexity index is 136. The SMILES string of the molecule is CC(Br)C(C)CCOCC(F)(F)F. The maximum atomic E-state index is 11.6. The fraction of sp³-hybridized carbons (Fsp3) is 1.00. The molecule has 0 radical (unpaired) electrons. The summed E-state index contributed by atoms with van der Waals surface area (Å²) in [5.74, 6) is 0.327. The van der Waals surface area contributed by atoms with Gasteiger partial charge in [-0.3, -0.25) is 0 Å². The van der Waals surface area contributed by atoms with Crippen LogP contribution in [0.2, 0.25) is 0 Å². The van der Waals surface area contributed by atoms with Crippen molar-refractivity contribution >= 4 is 15.9 Å². The number of halogens is 4. The van der Waals surface area contributed by atoms with Crippen LogP contribution in [0.15, 0.2) is 0 Å². The highest BCUT2D eigenvalue weighted by atomic mass is 79.9. The lowest BCUT2D eigenvalue weighted by Gasteiger charge is -2.14. The fourth-order valence-electron chi connectivity index (χ4n) is 0.687. The summed E-state index contributed by atoms with van der Waals surface area (Å²) in [7, 11) is 0.